The zero-order chi connectivity index (χ0) is 20.4. The summed E-state index contributed by atoms with van der Waals surface area (Å²) in [5, 5.41) is 3.44. The van der Waals surface area contributed by atoms with Crippen LogP contribution in [0.25, 0.3) is 0 Å². The third kappa shape index (κ3) is 6.98. The highest BCUT2D eigenvalue weighted by Gasteiger charge is 2.25. The van der Waals surface area contributed by atoms with Crippen LogP contribution in [0, 0.1) is 0 Å². The minimum Gasteiger partial charge on any atom is -0.383 e. The summed E-state index contributed by atoms with van der Waals surface area (Å²) in [6.07, 6.45) is 0.974. The molecule has 2 amide bonds. The highest BCUT2D eigenvalue weighted by atomic mass is 35.5. The average Bonchev–Trinajstić information content (AvgIpc) is 2.72. The second-order valence-electron chi connectivity index (χ2n) is 6.59. The van der Waals surface area contributed by atoms with Crippen molar-refractivity contribution in [3.05, 3.63) is 70.7 Å². The number of nitrogens with zero attached hydrogens (tertiary/aromatic N) is 1. The van der Waals surface area contributed by atoms with Crippen LogP contribution in [0.1, 0.15) is 24.5 Å². The minimum absolute atomic E-state index is 0.0619. The topological polar surface area (TPSA) is 58.6 Å². The maximum absolute atomic E-state index is 13.0. The maximum atomic E-state index is 13.0. The number of hydrogen-bond acceptors (Lipinski definition) is 3. The Morgan fingerprint density at radius 1 is 1.07 bits per heavy atom. The van der Waals surface area contributed by atoms with E-state index >= 15 is 0 Å². The summed E-state index contributed by atoms with van der Waals surface area (Å²) in [6, 6.07) is 16.6. The molecule has 5 nitrogen and oxygen atoms in total. The third-order valence-corrected chi connectivity index (χ3v) is 4.76. The molecule has 150 valence electrons. The molecule has 0 aliphatic heterocycles. The molecule has 0 fully saturated rings. The molecule has 28 heavy (non-hydrogen) atoms. The van der Waals surface area contributed by atoms with Gasteiger partial charge in [0, 0.05) is 31.6 Å². The summed E-state index contributed by atoms with van der Waals surface area (Å²) in [6.45, 7) is 2.94. The Morgan fingerprint density at radius 3 is 2.39 bits per heavy atom. The molecule has 0 unspecified atom stereocenters. The fourth-order valence-corrected chi connectivity index (χ4v) is 2.96. The number of methoxy groups -OCH3 is 1. The molecule has 0 aliphatic carbocycles. The molecule has 2 aromatic rings. The summed E-state index contributed by atoms with van der Waals surface area (Å²) in [4.78, 5) is 27.1. The van der Waals surface area contributed by atoms with Gasteiger partial charge in [-0.05, 0) is 36.6 Å². The molecule has 0 radical (unpaired) electrons. The highest BCUT2D eigenvalue weighted by Crippen LogP contribution is 2.15. The number of aryl methyl sites for hydroxylation is 1. The first-order valence-corrected chi connectivity index (χ1v) is 9.73. The van der Waals surface area contributed by atoms with Crippen LogP contribution in [0.2, 0.25) is 5.02 Å². The molecule has 0 aliphatic rings. The van der Waals surface area contributed by atoms with Gasteiger partial charge in [0.1, 0.15) is 6.04 Å². The van der Waals surface area contributed by atoms with Gasteiger partial charge in [0.15, 0.2) is 0 Å². The number of rotatable bonds is 10. The van der Waals surface area contributed by atoms with Gasteiger partial charge in [-0.15, -0.1) is 0 Å². The fourth-order valence-electron chi connectivity index (χ4n) is 2.83. The van der Waals surface area contributed by atoms with Gasteiger partial charge in [0.05, 0.1) is 6.61 Å². The first-order valence-electron chi connectivity index (χ1n) is 9.35. The zero-order valence-electron chi connectivity index (χ0n) is 16.4. The van der Waals surface area contributed by atoms with E-state index in [1.165, 1.54) is 0 Å². The summed E-state index contributed by atoms with van der Waals surface area (Å²) >= 11 is 5.96. The van der Waals surface area contributed by atoms with Gasteiger partial charge < -0.3 is 15.0 Å². The van der Waals surface area contributed by atoms with E-state index in [2.05, 4.69) is 5.32 Å². The number of carbonyl (C=O) groups excluding carboxylic acids is 2. The quantitative estimate of drug-likeness (QED) is 0.619. The summed E-state index contributed by atoms with van der Waals surface area (Å²) in [5.41, 5.74) is 2.02. The van der Waals surface area contributed by atoms with Crippen LogP contribution < -0.4 is 5.32 Å². The van der Waals surface area contributed by atoms with Crippen LogP contribution in [0.3, 0.4) is 0 Å². The van der Waals surface area contributed by atoms with Crippen molar-refractivity contribution in [2.75, 3.05) is 20.3 Å². The average molecular weight is 403 g/mol. The van der Waals surface area contributed by atoms with Gasteiger partial charge in [-0.2, -0.15) is 0 Å². The number of amides is 2. The second kappa shape index (κ2) is 11.5. The van der Waals surface area contributed by atoms with Gasteiger partial charge in [-0.1, -0.05) is 54.1 Å². The number of benzene rings is 2. The van der Waals surface area contributed by atoms with E-state index in [1.807, 2.05) is 42.5 Å². The Bertz CT molecular complexity index is 750. The monoisotopic (exact) mass is 402 g/mol. The number of halogens is 1. The molecule has 1 N–H and O–H groups in total. The number of hydrogen-bond donors (Lipinski definition) is 1. The molecule has 1 atom stereocenters. The van der Waals surface area contributed by atoms with Gasteiger partial charge in [0.2, 0.25) is 11.8 Å². The first-order chi connectivity index (χ1) is 13.5. The van der Waals surface area contributed by atoms with Gasteiger partial charge in [0.25, 0.3) is 0 Å². The zero-order valence-corrected chi connectivity index (χ0v) is 17.1. The lowest BCUT2D eigenvalue weighted by Crippen LogP contribution is -2.48. The fraction of sp³-hybridized carbons (Fsp3) is 0.364. The van der Waals surface area contributed by atoms with Crippen LogP contribution in [0.5, 0.6) is 0 Å². The van der Waals surface area contributed by atoms with Crippen LogP contribution >= 0.6 is 11.6 Å². The van der Waals surface area contributed by atoms with Gasteiger partial charge in [-0.3, -0.25) is 9.59 Å². The molecule has 0 saturated carbocycles. The maximum Gasteiger partial charge on any atom is 0.242 e. The molecular weight excluding hydrogens is 376 g/mol. The Balaban J connectivity index is 2.08. The number of nitrogens with one attached hydrogen (secondary N) is 1. The normalized spacial score (nSPS) is 11.7. The van der Waals surface area contributed by atoms with E-state index < -0.39 is 6.04 Å². The standard InChI is InChI=1S/C22H27ClN2O3/c1-17(22(27)24-14-15-28-2)25(16-19-8-11-20(23)12-9-19)21(26)13-10-18-6-4-3-5-7-18/h3-9,11-12,17H,10,13-16H2,1-2H3,(H,24,27)/t17-/m1/s1. The van der Waals surface area contributed by atoms with Crippen LogP contribution in [0.4, 0.5) is 0 Å². The molecule has 0 heterocycles. The van der Waals surface area contributed by atoms with E-state index in [1.54, 1.807) is 31.1 Å². The molecular formula is C22H27ClN2O3. The molecule has 2 rings (SSSR count). The molecule has 0 saturated heterocycles. The van der Waals surface area contributed by atoms with Crippen LogP contribution in [-0.2, 0) is 27.3 Å². The van der Waals surface area contributed by atoms with Gasteiger partial charge in [-0.25, -0.2) is 0 Å². The lowest BCUT2D eigenvalue weighted by atomic mass is 10.1. The van der Waals surface area contributed by atoms with Crippen molar-refractivity contribution in [2.24, 2.45) is 0 Å². The van der Waals surface area contributed by atoms with Crippen molar-refractivity contribution < 1.29 is 14.3 Å². The molecule has 2 aromatic carbocycles. The molecule has 6 heteroatoms. The number of ether oxygens (including phenoxy) is 1. The highest BCUT2D eigenvalue weighted by molar-refractivity contribution is 6.30. The molecule has 0 bridgehead atoms. The van der Waals surface area contributed by atoms with E-state index in [9.17, 15) is 9.59 Å². The van der Waals surface area contributed by atoms with Crippen molar-refractivity contribution in [1.82, 2.24) is 10.2 Å². The lowest BCUT2D eigenvalue weighted by Gasteiger charge is -2.29. The molecule has 0 spiro atoms. The first kappa shape index (κ1) is 21.9. The predicted octanol–water partition coefficient (Wildman–Crippen LogP) is 3.45. The van der Waals surface area contributed by atoms with Crippen molar-refractivity contribution in [3.8, 4) is 0 Å². The summed E-state index contributed by atoms with van der Waals surface area (Å²) in [5.74, 6) is -0.257. The Kier molecular flexibility index (Phi) is 8.98. The smallest absolute Gasteiger partial charge is 0.242 e. The van der Waals surface area contributed by atoms with Gasteiger partial charge >= 0.3 is 0 Å². The van der Waals surface area contributed by atoms with Crippen molar-refractivity contribution in [3.63, 3.8) is 0 Å². The summed E-state index contributed by atoms with van der Waals surface area (Å²) in [7, 11) is 1.58. The predicted molar refractivity (Wildman–Crippen MR) is 111 cm³/mol. The van der Waals surface area contributed by atoms with E-state index in [4.69, 9.17) is 16.3 Å². The lowest BCUT2D eigenvalue weighted by molar-refractivity contribution is -0.140. The molecule has 0 aromatic heterocycles. The Hall–Kier alpha value is -2.37. The third-order valence-electron chi connectivity index (χ3n) is 4.51. The SMILES string of the molecule is COCCNC(=O)[C@@H](C)N(Cc1ccc(Cl)cc1)C(=O)CCc1ccccc1. The van der Waals surface area contributed by atoms with Crippen LogP contribution in [-0.4, -0.2) is 43.0 Å². The van der Waals surface area contributed by atoms with E-state index in [-0.39, 0.29) is 11.8 Å². The van der Waals surface area contributed by atoms with E-state index in [0.29, 0.717) is 37.6 Å². The largest absolute Gasteiger partial charge is 0.383 e. The number of carbonyl (C=O) groups is 2. The van der Waals surface area contributed by atoms with Crippen molar-refractivity contribution in [2.45, 2.75) is 32.4 Å². The minimum atomic E-state index is -0.587. The van der Waals surface area contributed by atoms with E-state index in [0.717, 1.165) is 11.1 Å². The summed E-state index contributed by atoms with van der Waals surface area (Å²) < 4.78 is 4.97. The Labute approximate surface area is 171 Å². The van der Waals surface area contributed by atoms with Crippen molar-refractivity contribution >= 4 is 23.4 Å². The van der Waals surface area contributed by atoms with Crippen molar-refractivity contribution in [1.29, 1.82) is 0 Å². The second-order valence-corrected chi connectivity index (χ2v) is 7.03. The Morgan fingerprint density at radius 2 is 1.75 bits per heavy atom. The van der Waals surface area contributed by atoms with Crippen LogP contribution in [0.15, 0.2) is 54.6 Å².